The molecule has 0 saturated carbocycles. The molecule has 1 N–H and O–H groups in total. The van der Waals surface area contributed by atoms with Gasteiger partial charge in [0.05, 0.1) is 6.04 Å². The van der Waals surface area contributed by atoms with Gasteiger partial charge < -0.3 is 10.2 Å². The highest BCUT2D eigenvalue weighted by molar-refractivity contribution is 7.09. The maximum atomic E-state index is 4.32. The lowest BCUT2D eigenvalue weighted by molar-refractivity contribution is 0.328. The first-order chi connectivity index (χ1) is 7.86. The zero-order valence-electron chi connectivity index (χ0n) is 9.98. The first-order valence-corrected chi connectivity index (χ1v) is 7.09. The molecular formula is C12H21N3S. The second-order valence-corrected chi connectivity index (χ2v) is 5.37. The van der Waals surface area contributed by atoms with E-state index < -0.39 is 0 Å². The summed E-state index contributed by atoms with van der Waals surface area (Å²) in [6.07, 6.45) is 5.91. The van der Waals surface area contributed by atoms with E-state index in [1.165, 1.54) is 43.9 Å². The number of likely N-dealkylation sites (tertiary alicyclic amines) is 1. The van der Waals surface area contributed by atoms with Crippen LogP contribution in [0.25, 0.3) is 0 Å². The second kappa shape index (κ2) is 6.33. The van der Waals surface area contributed by atoms with Gasteiger partial charge in [0.2, 0.25) is 0 Å². The number of nitrogens with one attached hydrogen (secondary N) is 1. The number of hydrogen-bond donors (Lipinski definition) is 1. The number of rotatable bonds is 6. The lowest BCUT2D eigenvalue weighted by atomic mass is 10.3. The SMILES string of the molecule is CC(NCCCN1CCCC1)c1nccs1. The number of nitrogens with zero attached hydrogens (tertiary/aromatic N) is 2. The van der Waals surface area contributed by atoms with Crippen molar-refractivity contribution in [2.75, 3.05) is 26.2 Å². The number of aromatic nitrogens is 1. The standard InChI is InChI=1S/C12H21N3S/c1-11(12-14-6-10-16-12)13-5-4-9-15-7-2-3-8-15/h6,10-11,13H,2-5,7-9H2,1H3. The van der Waals surface area contributed by atoms with Crippen LogP contribution in [-0.4, -0.2) is 36.1 Å². The normalized spacial score (nSPS) is 19.1. The molecule has 1 aromatic heterocycles. The zero-order chi connectivity index (χ0) is 11.2. The van der Waals surface area contributed by atoms with Crippen LogP contribution in [0.1, 0.15) is 37.2 Å². The molecule has 1 aliphatic heterocycles. The maximum absolute atomic E-state index is 4.32. The minimum Gasteiger partial charge on any atom is -0.308 e. The Bertz CT molecular complexity index is 280. The van der Waals surface area contributed by atoms with Crippen molar-refractivity contribution < 1.29 is 0 Å². The Balaban J connectivity index is 1.57. The van der Waals surface area contributed by atoms with Crippen molar-refractivity contribution in [3.8, 4) is 0 Å². The van der Waals surface area contributed by atoms with Gasteiger partial charge in [0.1, 0.15) is 5.01 Å². The zero-order valence-corrected chi connectivity index (χ0v) is 10.8. The predicted molar refractivity (Wildman–Crippen MR) is 68.8 cm³/mol. The van der Waals surface area contributed by atoms with E-state index in [2.05, 4.69) is 22.1 Å². The van der Waals surface area contributed by atoms with E-state index in [-0.39, 0.29) is 0 Å². The fourth-order valence-corrected chi connectivity index (χ4v) is 2.83. The molecule has 1 atom stereocenters. The maximum Gasteiger partial charge on any atom is 0.109 e. The summed E-state index contributed by atoms with van der Waals surface area (Å²) < 4.78 is 0. The Morgan fingerprint density at radius 3 is 3.00 bits per heavy atom. The fourth-order valence-electron chi connectivity index (χ4n) is 2.16. The third kappa shape index (κ3) is 3.54. The second-order valence-electron chi connectivity index (χ2n) is 4.45. The highest BCUT2D eigenvalue weighted by atomic mass is 32.1. The van der Waals surface area contributed by atoms with Crippen LogP contribution < -0.4 is 5.32 Å². The summed E-state index contributed by atoms with van der Waals surface area (Å²) in [6, 6.07) is 0.401. The predicted octanol–water partition coefficient (Wildman–Crippen LogP) is 2.28. The first-order valence-electron chi connectivity index (χ1n) is 6.21. The molecule has 3 nitrogen and oxygen atoms in total. The Kier molecular flexibility index (Phi) is 4.75. The van der Waals surface area contributed by atoms with Gasteiger partial charge in [-0.1, -0.05) is 0 Å². The van der Waals surface area contributed by atoms with E-state index in [0.29, 0.717) is 6.04 Å². The molecule has 2 rings (SSSR count). The fraction of sp³-hybridized carbons (Fsp3) is 0.750. The Labute approximate surface area is 102 Å². The third-order valence-corrected chi connectivity index (χ3v) is 4.08. The molecule has 0 amide bonds. The topological polar surface area (TPSA) is 28.2 Å². The smallest absolute Gasteiger partial charge is 0.109 e. The molecule has 1 aliphatic rings. The van der Waals surface area contributed by atoms with E-state index in [1.807, 2.05) is 11.6 Å². The van der Waals surface area contributed by atoms with Crippen molar-refractivity contribution in [1.82, 2.24) is 15.2 Å². The van der Waals surface area contributed by atoms with Crippen LogP contribution >= 0.6 is 11.3 Å². The summed E-state index contributed by atoms with van der Waals surface area (Å²) in [4.78, 5) is 6.88. The molecular weight excluding hydrogens is 218 g/mol. The van der Waals surface area contributed by atoms with Crippen LogP contribution in [0.2, 0.25) is 0 Å². The van der Waals surface area contributed by atoms with Crippen molar-refractivity contribution >= 4 is 11.3 Å². The van der Waals surface area contributed by atoms with Crippen LogP contribution in [0.3, 0.4) is 0 Å². The average molecular weight is 239 g/mol. The van der Waals surface area contributed by atoms with E-state index in [0.717, 1.165) is 6.54 Å². The molecule has 1 aromatic rings. The van der Waals surface area contributed by atoms with Gasteiger partial charge in [0, 0.05) is 11.6 Å². The van der Waals surface area contributed by atoms with Gasteiger partial charge in [0.15, 0.2) is 0 Å². The van der Waals surface area contributed by atoms with Crippen LogP contribution in [0.15, 0.2) is 11.6 Å². The monoisotopic (exact) mass is 239 g/mol. The van der Waals surface area contributed by atoms with Crippen LogP contribution in [0.5, 0.6) is 0 Å². The molecule has 2 heterocycles. The van der Waals surface area contributed by atoms with Crippen LogP contribution in [-0.2, 0) is 0 Å². The highest BCUT2D eigenvalue weighted by Crippen LogP contribution is 2.14. The van der Waals surface area contributed by atoms with Gasteiger partial charge in [-0.3, -0.25) is 0 Å². The third-order valence-electron chi connectivity index (χ3n) is 3.12. The van der Waals surface area contributed by atoms with E-state index in [1.54, 1.807) is 11.3 Å². The highest BCUT2D eigenvalue weighted by Gasteiger charge is 2.11. The Morgan fingerprint density at radius 2 is 2.31 bits per heavy atom. The summed E-state index contributed by atoms with van der Waals surface area (Å²) in [5.41, 5.74) is 0. The van der Waals surface area contributed by atoms with Gasteiger partial charge in [-0.25, -0.2) is 4.98 Å². The van der Waals surface area contributed by atoms with Gasteiger partial charge in [-0.2, -0.15) is 0 Å². The largest absolute Gasteiger partial charge is 0.308 e. The summed E-state index contributed by atoms with van der Waals surface area (Å²) >= 11 is 1.73. The molecule has 0 radical (unpaired) electrons. The molecule has 1 fully saturated rings. The summed E-state index contributed by atoms with van der Waals surface area (Å²) in [7, 11) is 0. The summed E-state index contributed by atoms with van der Waals surface area (Å²) in [5, 5.41) is 6.77. The van der Waals surface area contributed by atoms with Crippen molar-refractivity contribution in [2.45, 2.75) is 32.2 Å². The minimum absolute atomic E-state index is 0.401. The Hall–Kier alpha value is -0.450. The van der Waals surface area contributed by atoms with Crippen molar-refractivity contribution in [3.63, 3.8) is 0 Å². The molecule has 0 bridgehead atoms. The van der Waals surface area contributed by atoms with Gasteiger partial charge in [-0.15, -0.1) is 11.3 Å². The van der Waals surface area contributed by atoms with Crippen LogP contribution in [0, 0.1) is 0 Å². The first kappa shape index (κ1) is 12.0. The molecule has 0 spiro atoms. The van der Waals surface area contributed by atoms with E-state index in [9.17, 15) is 0 Å². The van der Waals surface area contributed by atoms with Crippen LogP contribution in [0.4, 0.5) is 0 Å². The molecule has 4 heteroatoms. The quantitative estimate of drug-likeness (QED) is 0.772. The van der Waals surface area contributed by atoms with Gasteiger partial charge in [-0.05, 0) is 52.4 Å². The molecule has 90 valence electrons. The lowest BCUT2D eigenvalue weighted by Gasteiger charge is -2.16. The van der Waals surface area contributed by atoms with E-state index in [4.69, 9.17) is 0 Å². The molecule has 1 unspecified atom stereocenters. The number of hydrogen-bond acceptors (Lipinski definition) is 4. The van der Waals surface area contributed by atoms with Crippen molar-refractivity contribution in [1.29, 1.82) is 0 Å². The van der Waals surface area contributed by atoms with Crippen molar-refractivity contribution in [3.05, 3.63) is 16.6 Å². The van der Waals surface area contributed by atoms with Gasteiger partial charge in [0.25, 0.3) is 0 Å². The van der Waals surface area contributed by atoms with Crippen molar-refractivity contribution in [2.24, 2.45) is 0 Å². The Morgan fingerprint density at radius 1 is 1.50 bits per heavy atom. The minimum atomic E-state index is 0.401. The molecule has 1 saturated heterocycles. The number of thiazole rings is 1. The van der Waals surface area contributed by atoms with Gasteiger partial charge >= 0.3 is 0 Å². The average Bonchev–Trinajstić information content (AvgIpc) is 2.96. The summed E-state index contributed by atoms with van der Waals surface area (Å²) in [5.74, 6) is 0. The molecule has 16 heavy (non-hydrogen) atoms. The molecule has 0 aliphatic carbocycles. The molecule has 0 aromatic carbocycles. The lowest BCUT2D eigenvalue weighted by Crippen LogP contribution is -2.26. The van der Waals surface area contributed by atoms with E-state index >= 15 is 0 Å². The summed E-state index contributed by atoms with van der Waals surface area (Å²) in [6.45, 7) is 7.15.